The van der Waals surface area contributed by atoms with Gasteiger partial charge in [0.05, 0.1) is 0 Å². The summed E-state index contributed by atoms with van der Waals surface area (Å²) < 4.78 is 27.9. The zero-order chi connectivity index (χ0) is 16.0. The lowest BCUT2D eigenvalue weighted by atomic mass is 10.2. The van der Waals surface area contributed by atoms with E-state index in [9.17, 15) is 13.2 Å². The lowest BCUT2D eigenvalue weighted by Crippen LogP contribution is -2.34. The number of nitrogens with one attached hydrogen (secondary N) is 2. The Morgan fingerprint density at radius 1 is 1.52 bits per heavy atom. The van der Waals surface area contributed by atoms with Gasteiger partial charge < -0.3 is 15.6 Å². The summed E-state index contributed by atoms with van der Waals surface area (Å²) in [5.41, 5.74) is 5.44. The molecule has 0 aliphatic carbocycles. The number of nitrogens with zero attached hydrogens (tertiary/aromatic N) is 2. The fraction of sp³-hybridized carbons (Fsp3) is 0.667. The quantitative estimate of drug-likeness (QED) is 0.574. The molecule has 1 amide bonds. The summed E-state index contributed by atoms with van der Waals surface area (Å²) in [6.45, 7) is 4.64. The zero-order valence-corrected chi connectivity index (χ0v) is 13.4. The second-order valence-corrected chi connectivity index (χ2v) is 6.74. The van der Waals surface area contributed by atoms with Gasteiger partial charge in [-0.3, -0.25) is 4.79 Å². The van der Waals surface area contributed by atoms with E-state index in [1.807, 2.05) is 6.92 Å². The van der Waals surface area contributed by atoms with E-state index in [1.54, 1.807) is 18.5 Å². The molecule has 0 aliphatic heterocycles. The molecule has 1 unspecified atom stereocenters. The van der Waals surface area contributed by atoms with Crippen LogP contribution >= 0.6 is 0 Å². The van der Waals surface area contributed by atoms with Crippen LogP contribution < -0.4 is 15.8 Å². The average Bonchev–Trinajstić information content (AvgIpc) is 2.76. The van der Waals surface area contributed by atoms with Crippen molar-refractivity contribution in [3.63, 3.8) is 0 Å². The highest BCUT2D eigenvalue weighted by atomic mass is 32.2. The van der Waals surface area contributed by atoms with Crippen molar-refractivity contribution in [2.45, 2.75) is 25.3 Å². The van der Waals surface area contributed by atoms with Crippen molar-refractivity contribution >= 4 is 15.9 Å². The zero-order valence-electron chi connectivity index (χ0n) is 12.6. The second-order valence-electron chi connectivity index (χ2n) is 5.03. The lowest BCUT2D eigenvalue weighted by molar-refractivity contribution is -0.121. The highest BCUT2D eigenvalue weighted by Crippen LogP contribution is 2.07. The Kier molecular flexibility index (Phi) is 6.31. The second kappa shape index (κ2) is 7.53. The number of hydrogen-bond acceptors (Lipinski definition) is 5. The minimum atomic E-state index is -3.68. The summed E-state index contributed by atoms with van der Waals surface area (Å²) in [5, 5.41) is 2.66. The highest BCUT2D eigenvalue weighted by molar-refractivity contribution is 7.89. The molecule has 0 saturated heterocycles. The largest absolute Gasteiger partial charge is 0.356 e. The maximum absolute atomic E-state index is 12.0. The monoisotopic (exact) mass is 317 g/mol. The molecule has 1 aromatic rings. The Balaban J connectivity index is 2.42. The molecule has 0 aromatic carbocycles. The molecule has 0 aliphatic rings. The Labute approximate surface area is 125 Å². The normalized spacial score (nSPS) is 13.1. The molecule has 0 spiro atoms. The molecule has 0 bridgehead atoms. The van der Waals surface area contributed by atoms with Crippen LogP contribution in [0.4, 0.5) is 0 Å². The van der Waals surface area contributed by atoms with Crippen LogP contribution in [0.5, 0.6) is 0 Å². The van der Waals surface area contributed by atoms with E-state index in [2.05, 4.69) is 15.0 Å². The summed E-state index contributed by atoms with van der Waals surface area (Å²) in [6.07, 6.45) is 1.50. The average molecular weight is 317 g/mol. The van der Waals surface area contributed by atoms with Crippen LogP contribution in [0.1, 0.15) is 19.2 Å². The first-order valence-corrected chi connectivity index (χ1v) is 8.21. The van der Waals surface area contributed by atoms with Gasteiger partial charge in [0.1, 0.15) is 5.82 Å². The van der Waals surface area contributed by atoms with E-state index >= 15 is 0 Å². The molecule has 0 saturated carbocycles. The van der Waals surface area contributed by atoms with Crippen LogP contribution in [0.25, 0.3) is 0 Å². The van der Waals surface area contributed by atoms with Gasteiger partial charge in [0.15, 0.2) is 5.03 Å². The molecule has 120 valence electrons. The number of hydrogen-bond donors (Lipinski definition) is 3. The van der Waals surface area contributed by atoms with Crippen molar-refractivity contribution in [1.82, 2.24) is 19.6 Å². The van der Waals surface area contributed by atoms with E-state index in [1.165, 1.54) is 6.20 Å². The van der Waals surface area contributed by atoms with Crippen molar-refractivity contribution in [1.29, 1.82) is 0 Å². The van der Waals surface area contributed by atoms with Gasteiger partial charge in [0.25, 0.3) is 10.0 Å². The van der Waals surface area contributed by atoms with Gasteiger partial charge in [-0.15, -0.1) is 0 Å². The van der Waals surface area contributed by atoms with Crippen LogP contribution in [0.3, 0.4) is 0 Å². The Hall–Kier alpha value is -1.45. The molecular formula is C12H23N5O3S. The number of nitrogens with two attached hydrogens (primary N) is 1. The Bertz CT molecular complexity index is 562. The van der Waals surface area contributed by atoms with E-state index in [0.29, 0.717) is 18.9 Å². The summed E-state index contributed by atoms with van der Waals surface area (Å²) in [4.78, 5) is 15.5. The fourth-order valence-corrected chi connectivity index (χ4v) is 2.56. The fourth-order valence-electron chi connectivity index (χ4n) is 1.49. The Morgan fingerprint density at radius 3 is 2.71 bits per heavy atom. The minimum absolute atomic E-state index is 0.0286. The van der Waals surface area contributed by atoms with Crippen LogP contribution in [0.15, 0.2) is 11.2 Å². The molecule has 0 fully saturated rings. The topological polar surface area (TPSA) is 119 Å². The molecule has 1 atom stereocenters. The SMILES string of the molecule is Cc1nc(S(=O)(=O)NCCC(=O)NCC(C)CN)cn1C. The van der Waals surface area contributed by atoms with Crippen LogP contribution in [0, 0.1) is 12.8 Å². The molecule has 1 rings (SSSR count). The summed E-state index contributed by atoms with van der Waals surface area (Å²) in [7, 11) is -1.96. The van der Waals surface area contributed by atoms with Crippen molar-refractivity contribution in [3.8, 4) is 0 Å². The van der Waals surface area contributed by atoms with Gasteiger partial charge in [-0.1, -0.05) is 6.92 Å². The van der Waals surface area contributed by atoms with Gasteiger partial charge in [-0.2, -0.15) is 0 Å². The van der Waals surface area contributed by atoms with E-state index in [-0.39, 0.29) is 29.8 Å². The standard InChI is InChI=1S/C12H23N5O3S/c1-9(6-13)7-14-11(18)4-5-15-21(19,20)12-8-17(3)10(2)16-12/h8-9,15H,4-7,13H2,1-3H3,(H,14,18). The summed E-state index contributed by atoms with van der Waals surface area (Å²) in [5.74, 6) is 0.584. The van der Waals surface area contributed by atoms with Gasteiger partial charge in [0.2, 0.25) is 5.91 Å². The molecule has 9 heteroatoms. The van der Waals surface area contributed by atoms with Crippen LogP contribution in [-0.4, -0.2) is 43.5 Å². The summed E-state index contributed by atoms with van der Waals surface area (Å²) >= 11 is 0. The number of sulfonamides is 1. The first kappa shape index (κ1) is 17.6. The number of carbonyl (C=O) groups is 1. The number of aromatic nitrogens is 2. The highest BCUT2D eigenvalue weighted by Gasteiger charge is 2.18. The lowest BCUT2D eigenvalue weighted by Gasteiger charge is -2.10. The van der Waals surface area contributed by atoms with Crippen molar-refractivity contribution in [3.05, 3.63) is 12.0 Å². The number of imidazole rings is 1. The first-order chi connectivity index (χ1) is 9.76. The van der Waals surface area contributed by atoms with E-state index in [4.69, 9.17) is 5.73 Å². The molecule has 1 aromatic heterocycles. The summed E-state index contributed by atoms with van der Waals surface area (Å²) in [6, 6.07) is 0. The van der Waals surface area contributed by atoms with Crippen molar-refractivity contribution < 1.29 is 13.2 Å². The minimum Gasteiger partial charge on any atom is -0.356 e. The number of amides is 1. The molecule has 4 N–H and O–H groups in total. The number of rotatable bonds is 8. The Morgan fingerprint density at radius 2 is 2.19 bits per heavy atom. The molecule has 1 heterocycles. The third-order valence-corrected chi connectivity index (χ3v) is 4.39. The van der Waals surface area contributed by atoms with Crippen LogP contribution in [0.2, 0.25) is 0 Å². The van der Waals surface area contributed by atoms with E-state index in [0.717, 1.165) is 0 Å². The maximum Gasteiger partial charge on any atom is 0.259 e. The maximum atomic E-state index is 12.0. The number of carbonyl (C=O) groups excluding carboxylic acids is 1. The first-order valence-electron chi connectivity index (χ1n) is 6.72. The van der Waals surface area contributed by atoms with Gasteiger partial charge in [0, 0.05) is 32.8 Å². The van der Waals surface area contributed by atoms with Gasteiger partial charge in [-0.05, 0) is 19.4 Å². The predicted octanol–water partition coefficient (Wildman–Crippen LogP) is -0.892. The third-order valence-electron chi connectivity index (χ3n) is 3.06. The van der Waals surface area contributed by atoms with Gasteiger partial charge >= 0.3 is 0 Å². The number of aryl methyl sites for hydroxylation is 2. The molecular weight excluding hydrogens is 294 g/mol. The van der Waals surface area contributed by atoms with Crippen molar-refractivity contribution in [2.75, 3.05) is 19.6 Å². The molecule has 21 heavy (non-hydrogen) atoms. The molecule has 0 radical (unpaired) electrons. The third kappa shape index (κ3) is 5.44. The predicted molar refractivity (Wildman–Crippen MR) is 79.0 cm³/mol. The van der Waals surface area contributed by atoms with Crippen molar-refractivity contribution in [2.24, 2.45) is 18.7 Å². The molecule has 8 nitrogen and oxygen atoms in total. The van der Waals surface area contributed by atoms with E-state index < -0.39 is 10.0 Å². The van der Waals surface area contributed by atoms with Crippen LogP contribution in [-0.2, 0) is 21.9 Å². The smallest absolute Gasteiger partial charge is 0.259 e. The van der Waals surface area contributed by atoms with Gasteiger partial charge in [-0.25, -0.2) is 18.1 Å².